The van der Waals surface area contributed by atoms with Crippen LogP contribution in [0, 0.1) is 0 Å². The van der Waals surface area contributed by atoms with E-state index >= 15 is 0 Å². The molecule has 22 heavy (non-hydrogen) atoms. The van der Waals surface area contributed by atoms with E-state index in [4.69, 9.17) is 28.4 Å². The van der Waals surface area contributed by atoms with E-state index in [0.29, 0.717) is 33.8 Å². The zero-order chi connectivity index (χ0) is 16.3. The summed E-state index contributed by atoms with van der Waals surface area (Å²) in [6.45, 7) is 0. The number of hydrogen-bond acceptors (Lipinski definition) is 8. The van der Waals surface area contributed by atoms with E-state index < -0.39 is 0 Å². The molecule has 0 aliphatic carbocycles. The lowest BCUT2D eigenvalue weighted by molar-refractivity contribution is 0.306. The largest absolute Gasteiger partial charge is 0.492 e. The van der Waals surface area contributed by atoms with Crippen molar-refractivity contribution in [2.24, 2.45) is 0 Å². The first-order valence-corrected chi connectivity index (χ1v) is 6.32. The molecule has 8 heteroatoms. The van der Waals surface area contributed by atoms with E-state index in [9.17, 15) is 0 Å². The predicted octanol–water partition coefficient (Wildman–Crippen LogP) is 1.68. The highest BCUT2D eigenvalue weighted by Gasteiger charge is 2.29. The summed E-state index contributed by atoms with van der Waals surface area (Å²) in [5.74, 6) is 2.02. The second-order valence-corrected chi connectivity index (χ2v) is 4.10. The van der Waals surface area contributed by atoms with Crippen molar-refractivity contribution in [3.05, 3.63) is 0 Å². The zero-order valence-electron chi connectivity index (χ0n) is 13.3. The third-order valence-corrected chi connectivity index (χ3v) is 3.19. The van der Waals surface area contributed by atoms with Crippen LogP contribution in [0.5, 0.6) is 34.8 Å². The normalized spacial score (nSPS) is 10.3. The molecular formula is C14H18N2O6. The van der Waals surface area contributed by atoms with Crippen LogP contribution < -0.4 is 28.4 Å². The van der Waals surface area contributed by atoms with Gasteiger partial charge >= 0.3 is 0 Å². The van der Waals surface area contributed by atoms with Crippen LogP contribution in [-0.4, -0.2) is 52.9 Å². The number of nitrogens with zero attached hydrogens (tertiary/aromatic N) is 2. The van der Waals surface area contributed by atoms with Crippen molar-refractivity contribution in [1.82, 2.24) is 10.2 Å². The van der Waals surface area contributed by atoms with E-state index in [2.05, 4.69) is 10.2 Å². The molecule has 0 aliphatic rings. The summed E-state index contributed by atoms with van der Waals surface area (Å²) in [5.41, 5.74) is 0. The maximum absolute atomic E-state index is 5.47. The quantitative estimate of drug-likeness (QED) is 0.797. The Morgan fingerprint density at radius 3 is 1.00 bits per heavy atom. The molecule has 0 aliphatic heterocycles. The van der Waals surface area contributed by atoms with Gasteiger partial charge in [0, 0.05) is 0 Å². The monoisotopic (exact) mass is 310 g/mol. The van der Waals surface area contributed by atoms with Crippen molar-refractivity contribution in [3.8, 4) is 34.8 Å². The topological polar surface area (TPSA) is 81.2 Å². The van der Waals surface area contributed by atoms with Crippen LogP contribution in [0.3, 0.4) is 0 Å². The van der Waals surface area contributed by atoms with Crippen LogP contribution in [0.1, 0.15) is 0 Å². The number of benzene rings is 1. The van der Waals surface area contributed by atoms with Crippen LogP contribution in [0.15, 0.2) is 0 Å². The highest BCUT2D eigenvalue weighted by atomic mass is 16.5. The first-order valence-electron chi connectivity index (χ1n) is 6.32. The number of hydrogen-bond donors (Lipinski definition) is 0. The number of methoxy groups -OCH3 is 6. The molecular weight excluding hydrogens is 292 g/mol. The van der Waals surface area contributed by atoms with Gasteiger partial charge in [-0.2, -0.15) is 0 Å². The van der Waals surface area contributed by atoms with E-state index in [0.717, 1.165) is 0 Å². The Hall–Kier alpha value is -2.64. The van der Waals surface area contributed by atoms with Gasteiger partial charge < -0.3 is 28.4 Å². The maximum Gasteiger partial charge on any atom is 0.245 e. The summed E-state index contributed by atoms with van der Waals surface area (Å²) in [4.78, 5) is 0. The Morgan fingerprint density at radius 2 is 0.773 bits per heavy atom. The Bertz CT molecular complexity index is 631. The molecule has 2 aromatic rings. The summed E-state index contributed by atoms with van der Waals surface area (Å²) in [7, 11) is 9.00. The second-order valence-electron chi connectivity index (χ2n) is 4.10. The van der Waals surface area contributed by atoms with Crippen molar-refractivity contribution >= 4 is 10.8 Å². The van der Waals surface area contributed by atoms with Gasteiger partial charge in [-0.25, -0.2) is 0 Å². The molecule has 0 N–H and O–H groups in total. The van der Waals surface area contributed by atoms with Gasteiger partial charge in [0.15, 0.2) is 11.5 Å². The predicted molar refractivity (Wildman–Crippen MR) is 78.9 cm³/mol. The van der Waals surface area contributed by atoms with Crippen LogP contribution in [-0.2, 0) is 0 Å². The number of aromatic nitrogens is 2. The molecule has 0 amide bonds. The highest BCUT2D eigenvalue weighted by Crippen LogP contribution is 2.54. The molecule has 0 bridgehead atoms. The summed E-state index contributed by atoms with van der Waals surface area (Å²) in [5, 5.41) is 9.00. The molecule has 1 aromatic carbocycles. The summed E-state index contributed by atoms with van der Waals surface area (Å²) in [6, 6.07) is 0. The first-order chi connectivity index (χ1) is 10.7. The standard InChI is InChI=1S/C14H18N2O6/c1-17-9-7-8(14(22-6)16-15-13(7)21-5)10(18-2)12(20-4)11(9)19-3/h1-6H3. The van der Waals surface area contributed by atoms with Crippen molar-refractivity contribution < 1.29 is 28.4 Å². The summed E-state index contributed by atoms with van der Waals surface area (Å²) in [6.07, 6.45) is 0. The Balaban J connectivity index is 3.11. The van der Waals surface area contributed by atoms with E-state index in [1.165, 1.54) is 42.7 Å². The maximum atomic E-state index is 5.47. The SMILES string of the molecule is COc1c(OC)c(OC)c2c(OC)nnc(OC)c2c1OC. The average molecular weight is 310 g/mol. The molecule has 0 unspecified atom stereocenters. The van der Waals surface area contributed by atoms with Crippen molar-refractivity contribution in [3.63, 3.8) is 0 Å². The van der Waals surface area contributed by atoms with Crippen molar-refractivity contribution in [2.45, 2.75) is 0 Å². The van der Waals surface area contributed by atoms with Gasteiger partial charge in [0.25, 0.3) is 0 Å². The minimum atomic E-state index is 0.256. The third-order valence-electron chi connectivity index (χ3n) is 3.19. The average Bonchev–Trinajstić information content (AvgIpc) is 2.57. The zero-order valence-corrected chi connectivity index (χ0v) is 13.3. The Kier molecular flexibility index (Phi) is 4.59. The molecule has 2 rings (SSSR count). The van der Waals surface area contributed by atoms with Gasteiger partial charge in [-0.1, -0.05) is 0 Å². The fraction of sp³-hybridized carbons (Fsp3) is 0.429. The third kappa shape index (κ3) is 2.16. The molecule has 0 saturated carbocycles. The molecule has 0 spiro atoms. The molecule has 1 heterocycles. The molecule has 8 nitrogen and oxygen atoms in total. The lowest BCUT2D eigenvalue weighted by Crippen LogP contribution is -2.04. The summed E-state index contributed by atoms with van der Waals surface area (Å²) < 4.78 is 32.3. The van der Waals surface area contributed by atoms with Crippen LogP contribution in [0.2, 0.25) is 0 Å². The molecule has 0 radical (unpaired) electrons. The van der Waals surface area contributed by atoms with Crippen LogP contribution >= 0.6 is 0 Å². The van der Waals surface area contributed by atoms with E-state index in [1.807, 2.05) is 0 Å². The van der Waals surface area contributed by atoms with Gasteiger partial charge in [0.2, 0.25) is 23.3 Å². The number of ether oxygens (including phenoxy) is 6. The van der Waals surface area contributed by atoms with Crippen molar-refractivity contribution in [2.75, 3.05) is 42.7 Å². The minimum Gasteiger partial charge on any atom is -0.492 e. The Morgan fingerprint density at radius 1 is 0.455 bits per heavy atom. The Labute approximate surface area is 127 Å². The molecule has 120 valence electrons. The molecule has 0 saturated heterocycles. The second kappa shape index (κ2) is 6.42. The van der Waals surface area contributed by atoms with Gasteiger partial charge in [-0.15, -0.1) is 10.2 Å². The van der Waals surface area contributed by atoms with Crippen molar-refractivity contribution in [1.29, 1.82) is 0 Å². The van der Waals surface area contributed by atoms with Gasteiger partial charge in [0.1, 0.15) is 10.8 Å². The van der Waals surface area contributed by atoms with Crippen LogP contribution in [0.25, 0.3) is 10.8 Å². The van der Waals surface area contributed by atoms with Gasteiger partial charge in [-0.05, 0) is 0 Å². The highest BCUT2D eigenvalue weighted by molar-refractivity contribution is 6.04. The molecule has 1 aromatic heterocycles. The fourth-order valence-corrected chi connectivity index (χ4v) is 2.31. The van der Waals surface area contributed by atoms with E-state index in [-0.39, 0.29) is 11.8 Å². The smallest absolute Gasteiger partial charge is 0.245 e. The fourth-order valence-electron chi connectivity index (χ4n) is 2.31. The lowest BCUT2D eigenvalue weighted by atomic mass is 10.1. The van der Waals surface area contributed by atoms with Gasteiger partial charge in [-0.3, -0.25) is 0 Å². The number of fused-ring (bicyclic) bond motifs is 1. The first kappa shape index (κ1) is 15.7. The van der Waals surface area contributed by atoms with Gasteiger partial charge in [0.05, 0.1) is 42.7 Å². The molecule has 0 fully saturated rings. The number of rotatable bonds is 6. The minimum absolute atomic E-state index is 0.256. The van der Waals surface area contributed by atoms with E-state index in [1.54, 1.807) is 0 Å². The summed E-state index contributed by atoms with van der Waals surface area (Å²) >= 11 is 0. The molecule has 0 atom stereocenters. The lowest BCUT2D eigenvalue weighted by Gasteiger charge is -2.19. The van der Waals surface area contributed by atoms with Crippen LogP contribution in [0.4, 0.5) is 0 Å².